The summed E-state index contributed by atoms with van der Waals surface area (Å²) in [5, 5.41) is 3.54. The number of fused-ring (bicyclic) bond motifs is 1. The Labute approximate surface area is 165 Å². The number of carbonyl (C=O) groups is 2. The maximum absolute atomic E-state index is 14.1. The van der Waals surface area contributed by atoms with Gasteiger partial charge in [-0.1, -0.05) is 13.8 Å². The van der Waals surface area contributed by atoms with E-state index in [1.54, 1.807) is 24.1 Å². The average molecular weight is 428 g/mol. The van der Waals surface area contributed by atoms with Gasteiger partial charge in [-0.25, -0.2) is 13.8 Å². The van der Waals surface area contributed by atoms with Gasteiger partial charge in [0.15, 0.2) is 0 Å². The number of H-pyrrole nitrogens is 1. The third-order valence-corrected chi connectivity index (χ3v) is 4.49. The van der Waals surface area contributed by atoms with E-state index >= 15 is 0 Å². The number of halogens is 4. The van der Waals surface area contributed by atoms with Crippen molar-refractivity contribution >= 4 is 17.6 Å². The van der Waals surface area contributed by atoms with Crippen LogP contribution in [0.1, 0.15) is 25.8 Å². The van der Waals surface area contributed by atoms with E-state index < -0.39 is 52.0 Å². The molecular formula is C18H16F4N4O4. The zero-order valence-corrected chi connectivity index (χ0v) is 15.7. The Kier molecular flexibility index (Phi) is 5.04. The van der Waals surface area contributed by atoms with Crippen molar-refractivity contribution in [2.75, 3.05) is 5.32 Å². The zero-order valence-electron chi connectivity index (χ0n) is 15.7. The zero-order chi connectivity index (χ0) is 22.4. The Bertz CT molecular complexity index is 1130. The van der Waals surface area contributed by atoms with E-state index in [9.17, 15) is 36.7 Å². The number of nitrogens with one attached hydrogen (secondary N) is 3. The average Bonchev–Trinajstić information content (AvgIpc) is 2.89. The van der Waals surface area contributed by atoms with Crippen LogP contribution in [0.3, 0.4) is 0 Å². The maximum Gasteiger partial charge on any atom is 0.425 e. The summed E-state index contributed by atoms with van der Waals surface area (Å²) in [5.74, 6) is -4.62. The minimum atomic E-state index is -5.41. The molecule has 8 nitrogen and oxygen atoms in total. The Hall–Kier alpha value is -3.44. The number of hydrogen-bond donors (Lipinski definition) is 3. The Morgan fingerprint density at radius 1 is 1.17 bits per heavy atom. The van der Waals surface area contributed by atoms with Crippen LogP contribution in [0.25, 0.3) is 5.69 Å². The number of amides is 2. The molecule has 1 atom stereocenters. The summed E-state index contributed by atoms with van der Waals surface area (Å²) in [5.41, 5.74) is -7.63. The molecule has 3 N–H and O–H groups in total. The van der Waals surface area contributed by atoms with Crippen molar-refractivity contribution in [1.82, 2.24) is 14.9 Å². The van der Waals surface area contributed by atoms with Crippen LogP contribution in [0, 0.1) is 11.7 Å². The van der Waals surface area contributed by atoms with E-state index in [1.807, 2.05) is 5.32 Å². The van der Waals surface area contributed by atoms with E-state index in [0.29, 0.717) is 4.57 Å². The molecule has 1 aromatic carbocycles. The van der Waals surface area contributed by atoms with Gasteiger partial charge in [-0.3, -0.25) is 19.4 Å². The van der Waals surface area contributed by atoms with Gasteiger partial charge in [0.2, 0.25) is 11.4 Å². The molecule has 0 bridgehead atoms. The molecule has 2 aromatic rings. The number of aromatic amines is 1. The molecule has 30 heavy (non-hydrogen) atoms. The summed E-state index contributed by atoms with van der Waals surface area (Å²) in [6.45, 7) is 3.17. The molecule has 0 fully saturated rings. The molecule has 1 aliphatic rings. The van der Waals surface area contributed by atoms with Gasteiger partial charge in [0.25, 0.3) is 11.5 Å². The molecule has 0 saturated carbocycles. The molecule has 2 amide bonds. The van der Waals surface area contributed by atoms with Crippen molar-refractivity contribution in [3.05, 3.63) is 56.5 Å². The first-order valence-electron chi connectivity index (χ1n) is 8.73. The predicted molar refractivity (Wildman–Crippen MR) is 96.6 cm³/mol. The summed E-state index contributed by atoms with van der Waals surface area (Å²) in [6, 6.07) is 4.04. The molecule has 1 aromatic heterocycles. The van der Waals surface area contributed by atoms with E-state index in [2.05, 4.69) is 0 Å². The fraction of sp³-hybridized carbons (Fsp3) is 0.333. The SMILES string of the molecule is CC(C)CC(=O)NC1(C(F)(F)F)C(=O)Nc2c1c(=O)[nH]c(=O)n2-c1ccc(F)cc1. The van der Waals surface area contributed by atoms with Crippen molar-refractivity contribution < 1.29 is 27.2 Å². The fourth-order valence-corrected chi connectivity index (χ4v) is 3.25. The fourth-order valence-electron chi connectivity index (χ4n) is 3.25. The molecule has 0 saturated heterocycles. The first-order chi connectivity index (χ1) is 13.9. The van der Waals surface area contributed by atoms with Crippen LogP contribution < -0.4 is 21.9 Å². The molecule has 0 radical (unpaired) electrons. The number of aromatic nitrogens is 2. The summed E-state index contributed by atoms with van der Waals surface area (Å²) in [7, 11) is 0. The lowest BCUT2D eigenvalue weighted by Crippen LogP contribution is -2.62. The molecule has 3 rings (SSSR count). The number of anilines is 1. The summed E-state index contributed by atoms with van der Waals surface area (Å²) >= 11 is 0. The molecule has 2 heterocycles. The van der Waals surface area contributed by atoms with E-state index in [0.717, 1.165) is 24.3 Å². The minimum Gasteiger partial charge on any atom is -0.330 e. The van der Waals surface area contributed by atoms with Crippen molar-refractivity contribution in [2.45, 2.75) is 32.0 Å². The minimum absolute atomic E-state index is 0.110. The first kappa shape index (κ1) is 21.3. The summed E-state index contributed by atoms with van der Waals surface area (Å²) in [6.07, 6.45) is -5.75. The van der Waals surface area contributed by atoms with Crippen LogP contribution >= 0.6 is 0 Å². The highest BCUT2D eigenvalue weighted by Crippen LogP contribution is 2.45. The lowest BCUT2D eigenvalue weighted by atomic mass is 9.91. The highest BCUT2D eigenvalue weighted by Gasteiger charge is 2.68. The second kappa shape index (κ2) is 7.11. The highest BCUT2D eigenvalue weighted by atomic mass is 19.4. The van der Waals surface area contributed by atoms with Crippen LogP contribution in [-0.2, 0) is 15.1 Å². The molecule has 0 aliphatic carbocycles. The topological polar surface area (TPSA) is 113 Å². The number of alkyl halides is 3. The van der Waals surface area contributed by atoms with Crippen LogP contribution in [0.15, 0.2) is 33.9 Å². The molecule has 0 spiro atoms. The lowest BCUT2D eigenvalue weighted by Gasteiger charge is -2.30. The van der Waals surface area contributed by atoms with Crippen molar-refractivity contribution in [3.63, 3.8) is 0 Å². The van der Waals surface area contributed by atoms with Gasteiger partial charge in [0.05, 0.1) is 5.69 Å². The third kappa shape index (κ3) is 3.27. The van der Waals surface area contributed by atoms with Crippen LogP contribution in [-0.4, -0.2) is 27.5 Å². The van der Waals surface area contributed by atoms with E-state index in [-0.39, 0.29) is 18.0 Å². The Morgan fingerprint density at radius 2 is 1.77 bits per heavy atom. The molecule has 160 valence electrons. The molecule has 12 heteroatoms. The van der Waals surface area contributed by atoms with E-state index in [1.165, 1.54) is 0 Å². The Balaban J connectivity index is 2.31. The largest absolute Gasteiger partial charge is 0.425 e. The first-order valence-corrected chi connectivity index (χ1v) is 8.73. The molecular weight excluding hydrogens is 412 g/mol. The number of hydrogen-bond acceptors (Lipinski definition) is 4. The summed E-state index contributed by atoms with van der Waals surface area (Å²) < 4.78 is 56.2. The summed E-state index contributed by atoms with van der Waals surface area (Å²) in [4.78, 5) is 51.2. The number of rotatable bonds is 4. The van der Waals surface area contributed by atoms with Crippen molar-refractivity contribution in [1.29, 1.82) is 0 Å². The van der Waals surface area contributed by atoms with E-state index in [4.69, 9.17) is 0 Å². The van der Waals surface area contributed by atoms with Crippen LogP contribution in [0.2, 0.25) is 0 Å². The number of carbonyl (C=O) groups excluding carboxylic acids is 2. The molecule has 1 unspecified atom stereocenters. The van der Waals surface area contributed by atoms with Gasteiger partial charge in [-0.2, -0.15) is 13.2 Å². The van der Waals surface area contributed by atoms with Crippen molar-refractivity contribution in [2.24, 2.45) is 5.92 Å². The third-order valence-electron chi connectivity index (χ3n) is 4.49. The van der Waals surface area contributed by atoms with Crippen molar-refractivity contribution in [3.8, 4) is 5.69 Å². The molecule has 1 aliphatic heterocycles. The van der Waals surface area contributed by atoms with Gasteiger partial charge >= 0.3 is 11.9 Å². The van der Waals surface area contributed by atoms with Gasteiger partial charge in [0, 0.05) is 6.42 Å². The quantitative estimate of drug-likeness (QED) is 0.641. The van der Waals surface area contributed by atoms with Gasteiger partial charge in [0.1, 0.15) is 17.2 Å². The van der Waals surface area contributed by atoms with Gasteiger partial charge in [-0.05, 0) is 30.2 Å². The predicted octanol–water partition coefficient (Wildman–Crippen LogP) is 1.54. The number of nitrogens with zero attached hydrogens (tertiary/aromatic N) is 1. The van der Waals surface area contributed by atoms with Gasteiger partial charge in [-0.15, -0.1) is 0 Å². The Morgan fingerprint density at radius 3 is 2.30 bits per heavy atom. The standard InChI is InChI=1S/C18H16F4N4O4/c1-8(2)7-11(27)25-17(18(20,21)22)12-13(23-15(17)29)26(16(30)24-14(12)28)10-5-3-9(19)4-6-10/h3-6,8H,7H2,1-2H3,(H,23,29)(H,25,27)(H,24,28,30). The number of benzene rings is 1. The normalized spacial score (nSPS) is 18.3. The van der Waals surface area contributed by atoms with Crippen LogP contribution in [0.4, 0.5) is 23.4 Å². The second-order valence-electron chi connectivity index (χ2n) is 7.14. The monoisotopic (exact) mass is 428 g/mol. The maximum atomic E-state index is 14.1. The van der Waals surface area contributed by atoms with Gasteiger partial charge < -0.3 is 10.6 Å². The lowest BCUT2D eigenvalue weighted by molar-refractivity contribution is -0.200. The smallest absolute Gasteiger partial charge is 0.330 e. The second-order valence-corrected chi connectivity index (χ2v) is 7.14. The highest BCUT2D eigenvalue weighted by molar-refractivity contribution is 6.07. The van der Waals surface area contributed by atoms with Crippen LogP contribution in [0.5, 0.6) is 0 Å².